The van der Waals surface area contributed by atoms with Crippen molar-refractivity contribution in [1.82, 2.24) is 24.5 Å². The van der Waals surface area contributed by atoms with E-state index in [-0.39, 0.29) is 11.6 Å². The van der Waals surface area contributed by atoms with Gasteiger partial charge in [0, 0.05) is 28.4 Å². The number of aromatic hydroxyl groups is 2. The summed E-state index contributed by atoms with van der Waals surface area (Å²) < 4.78 is 1.63. The Labute approximate surface area is 182 Å². The van der Waals surface area contributed by atoms with E-state index in [4.69, 9.17) is 4.98 Å². The molecule has 0 unspecified atom stereocenters. The molecule has 0 spiro atoms. The van der Waals surface area contributed by atoms with Crippen LogP contribution in [0.5, 0.6) is 11.6 Å². The summed E-state index contributed by atoms with van der Waals surface area (Å²) >= 11 is 0. The van der Waals surface area contributed by atoms with Gasteiger partial charge in [-0.3, -0.25) is 9.55 Å². The van der Waals surface area contributed by atoms with Crippen LogP contribution < -0.4 is 0 Å². The van der Waals surface area contributed by atoms with Crippen LogP contribution in [0.25, 0.3) is 50.1 Å². The standard InChI is InChI=1S/C25H19N5O2/c1-14-5-4-8-20(29-14)23-22(17-12-26-18-7-3-2-6-16(17)18)24(31)25(32)30(23)15-9-10-19-21(11-15)28-13-27-19/h2-13,26,31-32H,1H3,(H,27,28). The van der Waals surface area contributed by atoms with Crippen molar-refractivity contribution in [3.05, 3.63) is 78.9 Å². The second-order valence-corrected chi connectivity index (χ2v) is 7.75. The number of aromatic nitrogens is 5. The van der Waals surface area contributed by atoms with E-state index in [2.05, 4.69) is 15.0 Å². The average Bonchev–Trinajstić information content (AvgIpc) is 3.50. The van der Waals surface area contributed by atoms with Crippen molar-refractivity contribution in [2.24, 2.45) is 0 Å². The largest absolute Gasteiger partial charge is 0.503 e. The third kappa shape index (κ3) is 2.61. The van der Waals surface area contributed by atoms with Gasteiger partial charge in [-0.15, -0.1) is 0 Å². The third-order valence-corrected chi connectivity index (χ3v) is 5.77. The SMILES string of the molecule is Cc1cccc(-c2c(-c3c[nH]c4ccccc34)c(O)c(O)n2-c2ccc3nc[nH]c3c2)n1. The van der Waals surface area contributed by atoms with E-state index in [1.807, 2.05) is 73.8 Å². The fourth-order valence-electron chi connectivity index (χ4n) is 4.31. The van der Waals surface area contributed by atoms with Crippen LogP contribution in [0.4, 0.5) is 0 Å². The van der Waals surface area contributed by atoms with Gasteiger partial charge in [-0.05, 0) is 43.3 Å². The highest BCUT2D eigenvalue weighted by molar-refractivity contribution is 6.02. The zero-order chi connectivity index (χ0) is 21.8. The fraction of sp³-hybridized carbons (Fsp3) is 0.0400. The Morgan fingerprint density at radius 2 is 1.78 bits per heavy atom. The second kappa shape index (κ2) is 6.75. The number of imidazole rings is 1. The second-order valence-electron chi connectivity index (χ2n) is 7.75. The Balaban J connectivity index is 1.72. The number of nitrogens with zero attached hydrogens (tertiary/aromatic N) is 3. The minimum Gasteiger partial charge on any atom is -0.503 e. The van der Waals surface area contributed by atoms with Crippen molar-refractivity contribution < 1.29 is 10.2 Å². The van der Waals surface area contributed by atoms with E-state index in [1.54, 1.807) is 10.9 Å². The van der Waals surface area contributed by atoms with Gasteiger partial charge in [0.15, 0.2) is 5.75 Å². The lowest BCUT2D eigenvalue weighted by atomic mass is 10.0. The van der Waals surface area contributed by atoms with Gasteiger partial charge in [0.2, 0.25) is 5.88 Å². The molecule has 4 heterocycles. The molecule has 0 saturated heterocycles. The molecular weight excluding hydrogens is 402 g/mol. The topological polar surface area (TPSA) is 103 Å². The Bertz CT molecular complexity index is 1620. The molecule has 6 aromatic rings. The number of hydrogen-bond donors (Lipinski definition) is 4. The quantitative estimate of drug-likeness (QED) is 0.312. The van der Waals surface area contributed by atoms with E-state index >= 15 is 0 Å². The van der Waals surface area contributed by atoms with Gasteiger partial charge in [0.1, 0.15) is 0 Å². The Hall–Kier alpha value is -4.52. The summed E-state index contributed by atoms with van der Waals surface area (Å²) in [6, 6.07) is 19.2. The van der Waals surface area contributed by atoms with Crippen molar-refractivity contribution in [3.63, 3.8) is 0 Å². The molecule has 0 radical (unpaired) electrons. The number of hydrogen-bond acceptors (Lipinski definition) is 4. The van der Waals surface area contributed by atoms with Gasteiger partial charge in [0.25, 0.3) is 0 Å². The normalized spacial score (nSPS) is 11.5. The predicted molar refractivity (Wildman–Crippen MR) is 124 cm³/mol. The minimum absolute atomic E-state index is 0.197. The number of aryl methyl sites for hydroxylation is 1. The van der Waals surface area contributed by atoms with Crippen molar-refractivity contribution in [1.29, 1.82) is 0 Å². The maximum absolute atomic E-state index is 11.2. The summed E-state index contributed by atoms with van der Waals surface area (Å²) in [5, 5.41) is 23.2. The van der Waals surface area contributed by atoms with Crippen LogP contribution in [-0.4, -0.2) is 34.7 Å². The zero-order valence-corrected chi connectivity index (χ0v) is 17.2. The molecule has 0 aliphatic heterocycles. The summed E-state index contributed by atoms with van der Waals surface area (Å²) in [7, 11) is 0. The van der Waals surface area contributed by atoms with E-state index < -0.39 is 0 Å². The third-order valence-electron chi connectivity index (χ3n) is 5.77. The molecule has 32 heavy (non-hydrogen) atoms. The van der Waals surface area contributed by atoms with Crippen LogP contribution in [0.3, 0.4) is 0 Å². The summed E-state index contributed by atoms with van der Waals surface area (Å²) in [6.45, 7) is 1.92. The number of H-pyrrole nitrogens is 2. The molecule has 4 N–H and O–H groups in total. The van der Waals surface area contributed by atoms with Crippen LogP contribution in [0.2, 0.25) is 0 Å². The van der Waals surface area contributed by atoms with E-state index in [9.17, 15) is 10.2 Å². The van der Waals surface area contributed by atoms with Gasteiger partial charge < -0.3 is 20.2 Å². The highest BCUT2D eigenvalue weighted by atomic mass is 16.3. The van der Waals surface area contributed by atoms with Gasteiger partial charge >= 0.3 is 0 Å². The van der Waals surface area contributed by atoms with Crippen LogP contribution >= 0.6 is 0 Å². The number of aromatic amines is 2. The van der Waals surface area contributed by atoms with Gasteiger partial charge in [-0.2, -0.15) is 0 Å². The smallest absolute Gasteiger partial charge is 0.240 e. The van der Waals surface area contributed by atoms with E-state index in [0.717, 1.165) is 33.2 Å². The molecule has 7 heteroatoms. The van der Waals surface area contributed by atoms with Crippen molar-refractivity contribution in [2.75, 3.05) is 0 Å². The Kier molecular flexibility index (Phi) is 3.85. The van der Waals surface area contributed by atoms with E-state index in [1.165, 1.54) is 0 Å². The first-order chi connectivity index (χ1) is 15.6. The molecule has 156 valence electrons. The first-order valence-electron chi connectivity index (χ1n) is 10.2. The average molecular weight is 421 g/mol. The van der Waals surface area contributed by atoms with Gasteiger partial charge in [-0.25, -0.2) is 4.98 Å². The van der Waals surface area contributed by atoms with Crippen molar-refractivity contribution in [2.45, 2.75) is 6.92 Å². The molecule has 2 aromatic carbocycles. The summed E-state index contributed by atoms with van der Waals surface area (Å²) in [5.74, 6) is -0.444. The molecule has 0 bridgehead atoms. The molecule has 0 fully saturated rings. The van der Waals surface area contributed by atoms with Gasteiger partial charge in [0.05, 0.1) is 40.0 Å². The first-order valence-corrected chi connectivity index (χ1v) is 10.2. The Morgan fingerprint density at radius 3 is 2.66 bits per heavy atom. The molecule has 0 saturated carbocycles. The van der Waals surface area contributed by atoms with Crippen molar-refractivity contribution in [3.8, 4) is 39.8 Å². The van der Waals surface area contributed by atoms with E-state index in [0.29, 0.717) is 22.6 Å². The first kappa shape index (κ1) is 18.3. The Morgan fingerprint density at radius 1 is 0.906 bits per heavy atom. The lowest BCUT2D eigenvalue weighted by molar-refractivity contribution is 0.388. The highest BCUT2D eigenvalue weighted by Gasteiger charge is 2.28. The summed E-state index contributed by atoms with van der Waals surface area (Å²) in [5.41, 5.74) is 6.65. The maximum atomic E-state index is 11.2. The zero-order valence-electron chi connectivity index (χ0n) is 17.2. The molecule has 6 rings (SSSR count). The number of rotatable bonds is 3. The molecular formula is C25H19N5O2. The fourth-order valence-corrected chi connectivity index (χ4v) is 4.31. The number of nitrogens with one attached hydrogen (secondary N) is 2. The van der Waals surface area contributed by atoms with Crippen LogP contribution in [0.1, 0.15) is 5.69 Å². The predicted octanol–water partition coefficient (Wildman–Crippen LogP) is 5.28. The molecule has 7 nitrogen and oxygen atoms in total. The number of pyridine rings is 1. The molecule has 0 atom stereocenters. The summed E-state index contributed by atoms with van der Waals surface area (Å²) in [4.78, 5) is 15.3. The van der Waals surface area contributed by atoms with Crippen molar-refractivity contribution >= 4 is 21.9 Å². The van der Waals surface area contributed by atoms with Crippen LogP contribution in [-0.2, 0) is 0 Å². The minimum atomic E-state index is -0.248. The highest BCUT2D eigenvalue weighted by Crippen LogP contribution is 2.49. The maximum Gasteiger partial charge on any atom is 0.240 e. The molecule has 0 aliphatic carbocycles. The lowest BCUT2D eigenvalue weighted by Crippen LogP contribution is -1.99. The van der Waals surface area contributed by atoms with Crippen LogP contribution in [0.15, 0.2) is 73.2 Å². The number of benzene rings is 2. The summed E-state index contributed by atoms with van der Waals surface area (Å²) in [6.07, 6.45) is 3.47. The lowest BCUT2D eigenvalue weighted by Gasteiger charge is -2.12. The number of para-hydroxylation sites is 1. The van der Waals surface area contributed by atoms with Crippen LogP contribution in [0, 0.1) is 6.92 Å². The molecule has 0 amide bonds. The monoisotopic (exact) mass is 421 g/mol. The van der Waals surface area contributed by atoms with Gasteiger partial charge in [-0.1, -0.05) is 24.3 Å². The molecule has 4 aromatic heterocycles. The molecule has 0 aliphatic rings. The number of fused-ring (bicyclic) bond motifs is 2.